The highest BCUT2D eigenvalue weighted by Crippen LogP contribution is 2.67. The molecule has 2 aromatic rings. The maximum atomic E-state index is 12.9. The number of carbonyl (C=O) groups excluding carboxylic acids is 2. The van der Waals surface area contributed by atoms with Crippen molar-refractivity contribution >= 4 is 11.9 Å². The van der Waals surface area contributed by atoms with Crippen LogP contribution >= 0.6 is 0 Å². The van der Waals surface area contributed by atoms with Crippen LogP contribution in [0.15, 0.2) is 60.2 Å². The Morgan fingerprint density at radius 1 is 0.741 bits per heavy atom. The number of esters is 2. The molecular weight excluding hydrogens is 717 g/mol. The van der Waals surface area contributed by atoms with E-state index in [0.29, 0.717) is 36.0 Å². The lowest BCUT2D eigenvalue weighted by molar-refractivity contribution is -0.151. The molecule has 0 aliphatic heterocycles. The molecule has 2 aromatic carbocycles. The van der Waals surface area contributed by atoms with Crippen molar-refractivity contribution < 1.29 is 23.8 Å². The highest BCUT2D eigenvalue weighted by molar-refractivity contribution is 5.90. The monoisotopic (exact) mass is 795 g/mol. The number of allylic oxidation sites excluding steroid dienone is 1. The van der Waals surface area contributed by atoms with Crippen LogP contribution in [0.3, 0.4) is 0 Å². The van der Waals surface area contributed by atoms with Gasteiger partial charge in [-0.3, -0.25) is 4.79 Å². The lowest BCUT2D eigenvalue weighted by Crippen LogP contribution is -2.51. The topological polar surface area (TPSA) is 61.8 Å². The van der Waals surface area contributed by atoms with Gasteiger partial charge in [-0.05, 0) is 146 Å². The van der Waals surface area contributed by atoms with E-state index in [4.69, 9.17) is 14.2 Å². The van der Waals surface area contributed by atoms with E-state index in [1.807, 2.05) is 36.4 Å². The Bertz CT molecular complexity index is 1620. The standard InChI is InChI=1S/C53H78O5/c1-7-8-13-36-57-51(55)42-21-19-40(20-22-42)41-23-26-44(27-24-41)56-35-14-11-9-10-12-18-50(54)58-45-31-33-52(5)43(37-45)25-28-46-48-30-29-47(39(4)17-15-16-38(2)3)53(48,6)34-32-49(46)52/h19-27,38-39,45-49H,7-18,28-37H2,1-6H3/t39-,45?,46+,47-,48+,49+,52+,53-/m1/s1. The highest BCUT2D eigenvalue weighted by atomic mass is 16.5. The van der Waals surface area contributed by atoms with Crippen LogP contribution in [0.5, 0.6) is 5.75 Å². The van der Waals surface area contributed by atoms with E-state index >= 15 is 0 Å². The second-order valence-electron chi connectivity index (χ2n) is 20.0. The highest BCUT2D eigenvalue weighted by Gasteiger charge is 2.59. The summed E-state index contributed by atoms with van der Waals surface area (Å²) < 4.78 is 17.5. The Morgan fingerprint density at radius 2 is 1.45 bits per heavy atom. The predicted octanol–water partition coefficient (Wildman–Crippen LogP) is 14.4. The SMILES string of the molecule is CCCCCOC(=O)c1ccc(-c2ccc(OCCCCCCCC(=O)OC3CC[C@@]4(C)C(=CC[C@H]5[C@@H]6CC[C@H]([C@H](C)CCCC(C)C)[C@@]6(C)CC[C@@H]54)C3)cc2)cc1. The molecule has 0 spiro atoms. The average Bonchev–Trinajstić information content (AvgIpc) is 3.58. The van der Waals surface area contributed by atoms with Gasteiger partial charge in [-0.15, -0.1) is 0 Å². The quantitative estimate of drug-likeness (QED) is 0.0715. The van der Waals surface area contributed by atoms with E-state index in [1.54, 1.807) is 5.57 Å². The van der Waals surface area contributed by atoms with E-state index in [1.165, 1.54) is 57.8 Å². The van der Waals surface area contributed by atoms with E-state index < -0.39 is 0 Å². The second kappa shape index (κ2) is 20.9. The Kier molecular flexibility index (Phi) is 16.1. The van der Waals surface area contributed by atoms with Crippen LogP contribution in [0.1, 0.15) is 180 Å². The van der Waals surface area contributed by atoms with Crippen LogP contribution in [-0.4, -0.2) is 31.3 Å². The zero-order valence-corrected chi connectivity index (χ0v) is 37.3. The molecular formula is C53H78O5. The first-order chi connectivity index (χ1) is 28.0. The van der Waals surface area contributed by atoms with Gasteiger partial charge in [-0.2, -0.15) is 0 Å². The zero-order valence-electron chi connectivity index (χ0n) is 37.3. The van der Waals surface area contributed by atoms with Crippen molar-refractivity contribution in [2.45, 2.75) is 176 Å². The summed E-state index contributed by atoms with van der Waals surface area (Å²) in [7, 11) is 0. The first-order valence-electron chi connectivity index (χ1n) is 23.9. The van der Waals surface area contributed by atoms with Gasteiger partial charge in [0.1, 0.15) is 11.9 Å². The minimum absolute atomic E-state index is 0.00105. The second-order valence-corrected chi connectivity index (χ2v) is 20.0. The normalized spacial score (nSPS) is 28.2. The minimum atomic E-state index is -0.258. The summed E-state index contributed by atoms with van der Waals surface area (Å²) in [5.41, 5.74) is 5.16. The van der Waals surface area contributed by atoms with Gasteiger partial charge in [-0.25, -0.2) is 4.79 Å². The summed E-state index contributed by atoms with van der Waals surface area (Å²) in [5.74, 6) is 5.72. The molecule has 0 aromatic heterocycles. The van der Waals surface area contributed by atoms with Gasteiger partial charge in [-0.1, -0.05) is 129 Å². The summed E-state index contributed by atoms with van der Waals surface area (Å²) in [6.07, 6.45) is 25.7. The Labute approximate surface area is 352 Å². The number of benzene rings is 2. The molecule has 0 heterocycles. The van der Waals surface area contributed by atoms with Crippen molar-refractivity contribution in [1.82, 2.24) is 0 Å². The molecule has 5 heteroatoms. The van der Waals surface area contributed by atoms with Crippen LogP contribution in [0, 0.1) is 46.3 Å². The van der Waals surface area contributed by atoms with Gasteiger partial charge in [0.2, 0.25) is 0 Å². The molecule has 4 aliphatic carbocycles. The third-order valence-corrected chi connectivity index (χ3v) is 15.6. The first kappa shape index (κ1) is 44.5. The van der Waals surface area contributed by atoms with Crippen LogP contribution in [0.2, 0.25) is 0 Å². The number of fused-ring (bicyclic) bond motifs is 5. The maximum Gasteiger partial charge on any atom is 0.338 e. The van der Waals surface area contributed by atoms with E-state index in [0.717, 1.165) is 117 Å². The molecule has 0 bridgehead atoms. The molecule has 58 heavy (non-hydrogen) atoms. The predicted molar refractivity (Wildman–Crippen MR) is 238 cm³/mol. The summed E-state index contributed by atoms with van der Waals surface area (Å²) in [6, 6.07) is 15.8. The number of carbonyl (C=O) groups is 2. The van der Waals surface area contributed by atoms with Crippen molar-refractivity contribution in [3.05, 3.63) is 65.7 Å². The fraction of sp³-hybridized carbons (Fsp3) is 0.698. The fourth-order valence-electron chi connectivity index (χ4n) is 12.2. The summed E-state index contributed by atoms with van der Waals surface area (Å²) in [4.78, 5) is 25.2. The Balaban J connectivity index is 0.843. The number of rotatable bonds is 21. The number of ether oxygens (including phenoxy) is 3. The van der Waals surface area contributed by atoms with Crippen molar-refractivity contribution in [2.24, 2.45) is 46.3 Å². The minimum Gasteiger partial charge on any atom is -0.494 e. The van der Waals surface area contributed by atoms with E-state index in [9.17, 15) is 9.59 Å². The van der Waals surface area contributed by atoms with Crippen molar-refractivity contribution in [3.8, 4) is 16.9 Å². The molecule has 6 rings (SSSR count). The lowest BCUT2D eigenvalue weighted by atomic mass is 9.47. The van der Waals surface area contributed by atoms with Gasteiger partial charge in [0, 0.05) is 12.8 Å². The van der Waals surface area contributed by atoms with Gasteiger partial charge >= 0.3 is 11.9 Å². The molecule has 0 saturated heterocycles. The third-order valence-electron chi connectivity index (χ3n) is 15.6. The van der Waals surface area contributed by atoms with Gasteiger partial charge < -0.3 is 14.2 Å². The molecule has 8 atom stereocenters. The molecule has 4 aliphatic rings. The number of unbranched alkanes of at least 4 members (excludes halogenated alkanes) is 6. The first-order valence-corrected chi connectivity index (χ1v) is 23.9. The fourth-order valence-corrected chi connectivity index (χ4v) is 12.2. The van der Waals surface area contributed by atoms with Crippen LogP contribution in [0.4, 0.5) is 0 Å². The largest absolute Gasteiger partial charge is 0.494 e. The molecule has 0 amide bonds. The van der Waals surface area contributed by atoms with Gasteiger partial charge in [0.25, 0.3) is 0 Å². The third kappa shape index (κ3) is 11.0. The number of hydrogen-bond acceptors (Lipinski definition) is 5. The van der Waals surface area contributed by atoms with Gasteiger partial charge in [0.15, 0.2) is 0 Å². The van der Waals surface area contributed by atoms with Crippen LogP contribution in [0.25, 0.3) is 11.1 Å². The average molecular weight is 795 g/mol. The molecule has 3 saturated carbocycles. The summed E-state index contributed by atoms with van der Waals surface area (Å²) in [5, 5.41) is 0. The Morgan fingerprint density at radius 3 is 2.19 bits per heavy atom. The zero-order chi connectivity index (χ0) is 41.1. The van der Waals surface area contributed by atoms with Crippen LogP contribution < -0.4 is 4.74 Å². The molecule has 3 fully saturated rings. The number of hydrogen-bond donors (Lipinski definition) is 0. The molecule has 0 radical (unpaired) electrons. The summed E-state index contributed by atoms with van der Waals surface area (Å²) in [6.45, 7) is 15.9. The molecule has 320 valence electrons. The molecule has 5 nitrogen and oxygen atoms in total. The van der Waals surface area contributed by atoms with Crippen molar-refractivity contribution in [3.63, 3.8) is 0 Å². The van der Waals surface area contributed by atoms with E-state index in [2.05, 4.69) is 59.8 Å². The summed E-state index contributed by atoms with van der Waals surface area (Å²) >= 11 is 0. The lowest BCUT2D eigenvalue weighted by Gasteiger charge is -2.58. The van der Waals surface area contributed by atoms with Gasteiger partial charge in [0.05, 0.1) is 18.8 Å². The van der Waals surface area contributed by atoms with Crippen molar-refractivity contribution in [2.75, 3.05) is 13.2 Å². The Hall–Kier alpha value is -3.08. The van der Waals surface area contributed by atoms with E-state index in [-0.39, 0.29) is 18.0 Å². The maximum absolute atomic E-state index is 12.9. The van der Waals surface area contributed by atoms with Crippen LogP contribution in [-0.2, 0) is 14.3 Å². The smallest absolute Gasteiger partial charge is 0.338 e. The molecule has 1 unspecified atom stereocenters. The molecule has 0 N–H and O–H groups in total. The van der Waals surface area contributed by atoms with Crippen molar-refractivity contribution in [1.29, 1.82) is 0 Å².